The molecule has 2 aliphatic carbocycles. The molecule has 0 radical (unpaired) electrons. The number of rotatable bonds is 5. The molecule has 3 heterocycles. The number of amides is 1. The molecule has 1 aromatic carbocycles. The highest BCUT2D eigenvalue weighted by atomic mass is 19.1. The topological polar surface area (TPSA) is 75.1 Å². The van der Waals surface area contributed by atoms with Crippen LogP contribution in [0, 0.1) is 5.82 Å². The molecule has 6 nitrogen and oxygen atoms in total. The number of nitrogens with one attached hydrogen (secondary N) is 2. The number of nitrogens with zero attached hydrogens (tertiary/aromatic N) is 3. The standard InChI is InChI=1S/C23H20FN5O/c24-16-6-3-14(4-7-16)22-20(21(27-28-22)13-1-2-13)15-5-10-19-25-11-18(29(19)12-15)23(30)26-17-8-9-17/h3-7,10-13,17H,1-2,8-9H2,(H,26,30)(H,27,28). The van der Waals surface area contributed by atoms with Crippen molar-refractivity contribution in [1.29, 1.82) is 0 Å². The van der Waals surface area contributed by atoms with Crippen molar-refractivity contribution in [3.8, 4) is 22.4 Å². The Labute approximate surface area is 172 Å². The number of aromatic nitrogens is 4. The third-order valence-corrected chi connectivity index (χ3v) is 5.84. The number of H-pyrrole nitrogens is 1. The smallest absolute Gasteiger partial charge is 0.270 e. The molecule has 0 saturated heterocycles. The van der Waals surface area contributed by atoms with Crippen LogP contribution < -0.4 is 5.32 Å². The van der Waals surface area contributed by atoms with Gasteiger partial charge in [-0.3, -0.25) is 14.3 Å². The Balaban J connectivity index is 1.48. The molecule has 2 saturated carbocycles. The number of aromatic amines is 1. The highest BCUT2D eigenvalue weighted by Gasteiger charge is 2.31. The zero-order chi connectivity index (χ0) is 20.2. The van der Waals surface area contributed by atoms with Gasteiger partial charge in [-0.1, -0.05) is 0 Å². The lowest BCUT2D eigenvalue weighted by molar-refractivity contribution is 0.0945. The van der Waals surface area contributed by atoms with Crippen molar-refractivity contribution < 1.29 is 9.18 Å². The van der Waals surface area contributed by atoms with Crippen LogP contribution in [0.15, 0.2) is 48.8 Å². The first kappa shape index (κ1) is 17.4. The summed E-state index contributed by atoms with van der Waals surface area (Å²) in [6.45, 7) is 0. The first-order valence-electron chi connectivity index (χ1n) is 10.3. The maximum Gasteiger partial charge on any atom is 0.270 e. The van der Waals surface area contributed by atoms with E-state index in [1.165, 1.54) is 12.1 Å². The molecule has 0 aliphatic heterocycles. The van der Waals surface area contributed by atoms with Crippen LogP contribution in [0.25, 0.3) is 28.0 Å². The molecule has 3 aromatic heterocycles. The largest absolute Gasteiger partial charge is 0.348 e. The first-order chi connectivity index (χ1) is 14.7. The van der Waals surface area contributed by atoms with Crippen LogP contribution in [-0.2, 0) is 0 Å². The Morgan fingerprint density at radius 2 is 1.83 bits per heavy atom. The molecule has 7 heteroatoms. The van der Waals surface area contributed by atoms with Crippen molar-refractivity contribution in [2.75, 3.05) is 0 Å². The highest BCUT2D eigenvalue weighted by molar-refractivity contribution is 5.94. The number of pyridine rings is 1. The van der Waals surface area contributed by atoms with E-state index in [2.05, 4.69) is 20.5 Å². The summed E-state index contributed by atoms with van der Waals surface area (Å²) in [5.74, 6) is 0.0812. The minimum Gasteiger partial charge on any atom is -0.348 e. The minimum atomic E-state index is -0.274. The Hall–Kier alpha value is -3.48. The average Bonchev–Trinajstić information content (AvgIpc) is 3.68. The van der Waals surface area contributed by atoms with Gasteiger partial charge in [-0.2, -0.15) is 5.10 Å². The number of carbonyl (C=O) groups excluding carboxylic acids is 1. The SMILES string of the molecule is O=C(NC1CC1)c1cnc2ccc(-c3c(-c4ccc(F)cc4)n[nH]c3C3CC3)cn12. The van der Waals surface area contributed by atoms with Crippen molar-refractivity contribution in [1.82, 2.24) is 24.9 Å². The third kappa shape index (κ3) is 2.98. The molecule has 0 unspecified atom stereocenters. The molecular formula is C23H20FN5O. The number of hydrogen-bond donors (Lipinski definition) is 2. The van der Waals surface area contributed by atoms with Crippen LogP contribution in [-0.4, -0.2) is 31.5 Å². The van der Waals surface area contributed by atoms with Crippen LogP contribution in [0.3, 0.4) is 0 Å². The fraction of sp³-hybridized carbons (Fsp3) is 0.261. The summed E-state index contributed by atoms with van der Waals surface area (Å²) < 4.78 is 15.3. The van der Waals surface area contributed by atoms with Crippen LogP contribution >= 0.6 is 0 Å². The number of benzene rings is 1. The van der Waals surface area contributed by atoms with Gasteiger partial charge in [0.05, 0.1) is 6.20 Å². The predicted octanol–water partition coefficient (Wildman–Crippen LogP) is 4.30. The summed E-state index contributed by atoms with van der Waals surface area (Å²) in [5.41, 5.74) is 5.95. The zero-order valence-corrected chi connectivity index (χ0v) is 16.2. The van der Waals surface area contributed by atoms with E-state index in [9.17, 15) is 9.18 Å². The van der Waals surface area contributed by atoms with Gasteiger partial charge in [0.15, 0.2) is 0 Å². The van der Waals surface area contributed by atoms with Crippen molar-refractivity contribution >= 4 is 11.6 Å². The summed E-state index contributed by atoms with van der Waals surface area (Å²) >= 11 is 0. The monoisotopic (exact) mass is 401 g/mol. The maximum atomic E-state index is 13.4. The van der Waals surface area contributed by atoms with E-state index in [-0.39, 0.29) is 17.8 Å². The van der Waals surface area contributed by atoms with Gasteiger partial charge >= 0.3 is 0 Å². The van der Waals surface area contributed by atoms with Gasteiger partial charge in [-0.05, 0) is 62.1 Å². The number of fused-ring (bicyclic) bond motifs is 1. The molecule has 4 aromatic rings. The van der Waals surface area contributed by atoms with Gasteiger partial charge in [0.1, 0.15) is 22.9 Å². The molecule has 2 fully saturated rings. The molecule has 150 valence electrons. The number of hydrogen-bond acceptors (Lipinski definition) is 3. The Morgan fingerprint density at radius 1 is 1.07 bits per heavy atom. The Morgan fingerprint density at radius 3 is 2.57 bits per heavy atom. The zero-order valence-electron chi connectivity index (χ0n) is 16.2. The molecule has 0 atom stereocenters. The van der Waals surface area contributed by atoms with Crippen LogP contribution in [0.1, 0.15) is 47.8 Å². The highest BCUT2D eigenvalue weighted by Crippen LogP contribution is 2.46. The van der Waals surface area contributed by atoms with Crippen LogP contribution in [0.2, 0.25) is 0 Å². The van der Waals surface area contributed by atoms with Gasteiger partial charge in [0.25, 0.3) is 5.91 Å². The molecule has 30 heavy (non-hydrogen) atoms. The number of carbonyl (C=O) groups is 1. The average molecular weight is 401 g/mol. The van der Waals surface area contributed by atoms with Crippen LogP contribution in [0.5, 0.6) is 0 Å². The van der Waals surface area contributed by atoms with Crippen molar-refractivity contribution in [3.05, 3.63) is 66.0 Å². The van der Waals surface area contributed by atoms with Gasteiger partial charge in [-0.25, -0.2) is 9.37 Å². The van der Waals surface area contributed by atoms with E-state index in [1.807, 2.05) is 22.7 Å². The van der Waals surface area contributed by atoms with Crippen molar-refractivity contribution in [2.24, 2.45) is 0 Å². The summed E-state index contributed by atoms with van der Waals surface area (Å²) in [6, 6.07) is 10.6. The Bertz CT molecular complexity index is 1260. The fourth-order valence-corrected chi connectivity index (χ4v) is 3.92. The molecule has 0 spiro atoms. The van der Waals surface area contributed by atoms with Crippen LogP contribution in [0.4, 0.5) is 4.39 Å². The predicted molar refractivity (Wildman–Crippen MR) is 111 cm³/mol. The lowest BCUT2D eigenvalue weighted by Gasteiger charge is -2.09. The van der Waals surface area contributed by atoms with Gasteiger partial charge in [0.2, 0.25) is 0 Å². The second-order valence-corrected chi connectivity index (χ2v) is 8.18. The molecule has 2 aliphatic rings. The van der Waals surface area contributed by atoms with Gasteiger partial charge in [-0.15, -0.1) is 0 Å². The van der Waals surface area contributed by atoms with E-state index in [0.29, 0.717) is 11.6 Å². The van der Waals surface area contributed by atoms with E-state index < -0.39 is 0 Å². The van der Waals surface area contributed by atoms with E-state index in [4.69, 9.17) is 0 Å². The quantitative estimate of drug-likeness (QED) is 0.524. The third-order valence-electron chi connectivity index (χ3n) is 5.84. The van der Waals surface area contributed by atoms with Gasteiger partial charge < -0.3 is 5.32 Å². The normalized spacial score (nSPS) is 16.2. The summed E-state index contributed by atoms with van der Waals surface area (Å²) in [5, 5.41) is 10.8. The first-order valence-corrected chi connectivity index (χ1v) is 10.3. The molecule has 1 amide bonds. The molecule has 2 N–H and O–H groups in total. The summed E-state index contributed by atoms with van der Waals surface area (Å²) in [7, 11) is 0. The molecule has 0 bridgehead atoms. The maximum absolute atomic E-state index is 13.4. The van der Waals surface area contributed by atoms with Crippen molar-refractivity contribution in [2.45, 2.75) is 37.6 Å². The molecular weight excluding hydrogens is 381 g/mol. The minimum absolute atomic E-state index is 0.101. The second kappa shape index (κ2) is 6.52. The van der Waals surface area contributed by atoms with Crippen molar-refractivity contribution in [3.63, 3.8) is 0 Å². The number of halogens is 1. The second-order valence-electron chi connectivity index (χ2n) is 8.18. The van der Waals surface area contributed by atoms with E-state index in [0.717, 1.165) is 59.4 Å². The fourth-order valence-electron chi connectivity index (χ4n) is 3.92. The summed E-state index contributed by atoms with van der Waals surface area (Å²) in [6.07, 6.45) is 7.90. The molecule has 6 rings (SSSR count). The van der Waals surface area contributed by atoms with E-state index in [1.54, 1.807) is 18.3 Å². The lowest BCUT2D eigenvalue weighted by Crippen LogP contribution is -2.26. The van der Waals surface area contributed by atoms with Gasteiger partial charge in [0, 0.05) is 40.5 Å². The van der Waals surface area contributed by atoms with E-state index >= 15 is 0 Å². The summed E-state index contributed by atoms with van der Waals surface area (Å²) in [4.78, 5) is 17.0. The number of imidazole rings is 1. The lowest BCUT2D eigenvalue weighted by atomic mass is 9.98. The Kier molecular flexibility index (Phi) is 3.78.